The van der Waals surface area contributed by atoms with Crippen molar-refractivity contribution in [2.75, 3.05) is 12.9 Å². The van der Waals surface area contributed by atoms with E-state index in [1.165, 1.54) is 35.7 Å². The summed E-state index contributed by atoms with van der Waals surface area (Å²) in [6.07, 6.45) is 1.18. The van der Waals surface area contributed by atoms with E-state index < -0.39 is 5.82 Å². The fourth-order valence-electron chi connectivity index (χ4n) is 3.60. The van der Waals surface area contributed by atoms with Crippen molar-refractivity contribution >= 4 is 35.5 Å². The molecule has 0 radical (unpaired) electrons. The van der Waals surface area contributed by atoms with Gasteiger partial charge in [0.2, 0.25) is 0 Å². The highest BCUT2D eigenvalue weighted by atomic mass is 35.5. The molecule has 0 spiro atoms. The molecule has 0 saturated heterocycles. The molecule has 1 N–H and O–H groups in total. The van der Waals surface area contributed by atoms with Gasteiger partial charge in [-0.2, -0.15) is 5.10 Å². The molecule has 1 heterocycles. The van der Waals surface area contributed by atoms with Gasteiger partial charge in [-0.3, -0.25) is 9.36 Å². The van der Waals surface area contributed by atoms with Crippen molar-refractivity contribution in [3.8, 4) is 22.8 Å². The van der Waals surface area contributed by atoms with Gasteiger partial charge >= 0.3 is 0 Å². The fourth-order valence-corrected chi connectivity index (χ4v) is 4.56. The zero-order valence-corrected chi connectivity index (χ0v) is 23.0. The van der Waals surface area contributed by atoms with Crippen molar-refractivity contribution < 1.29 is 13.9 Å². The molecule has 38 heavy (non-hydrogen) atoms. The van der Waals surface area contributed by atoms with Gasteiger partial charge in [0.15, 0.2) is 11.0 Å². The third kappa shape index (κ3) is 6.41. The second-order valence-corrected chi connectivity index (χ2v) is 10.7. The van der Waals surface area contributed by atoms with Crippen LogP contribution in [-0.2, 0) is 10.2 Å². The lowest BCUT2D eigenvalue weighted by molar-refractivity contribution is -0.118. The number of rotatable bonds is 8. The number of hydrogen-bond acceptors (Lipinski definition) is 6. The summed E-state index contributed by atoms with van der Waals surface area (Å²) in [6, 6.07) is 20.0. The summed E-state index contributed by atoms with van der Waals surface area (Å²) in [4.78, 5) is 12.5. The number of nitrogens with one attached hydrogen (secondary N) is 1. The van der Waals surface area contributed by atoms with Crippen LogP contribution in [0.4, 0.5) is 4.39 Å². The number of halogens is 2. The van der Waals surface area contributed by atoms with Gasteiger partial charge in [-0.15, -0.1) is 10.2 Å². The summed E-state index contributed by atoms with van der Waals surface area (Å²) in [5.41, 5.74) is 5.45. The molecule has 0 atom stereocenters. The Bertz CT molecular complexity index is 1430. The van der Waals surface area contributed by atoms with E-state index in [1.807, 2.05) is 41.0 Å². The van der Waals surface area contributed by atoms with Crippen molar-refractivity contribution in [2.45, 2.75) is 31.3 Å². The normalized spacial score (nSPS) is 11.6. The molecule has 0 unspecified atom stereocenters. The minimum Gasteiger partial charge on any atom is -0.497 e. The number of ether oxygens (including phenoxy) is 1. The Morgan fingerprint density at radius 1 is 1.11 bits per heavy atom. The first-order chi connectivity index (χ1) is 18.2. The maximum Gasteiger partial charge on any atom is 0.250 e. The molecular weight excluding hydrogens is 525 g/mol. The number of thioether (sulfide) groups is 1. The van der Waals surface area contributed by atoms with Crippen LogP contribution in [0.25, 0.3) is 17.1 Å². The Morgan fingerprint density at radius 2 is 1.82 bits per heavy atom. The van der Waals surface area contributed by atoms with Crippen molar-refractivity contribution in [1.29, 1.82) is 0 Å². The number of amides is 1. The van der Waals surface area contributed by atoms with Crippen LogP contribution in [0.5, 0.6) is 5.75 Å². The van der Waals surface area contributed by atoms with E-state index in [0.29, 0.717) is 11.0 Å². The van der Waals surface area contributed by atoms with E-state index in [1.54, 1.807) is 13.2 Å². The van der Waals surface area contributed by atoms with Crippen LogP contribution in [0.1, 0.15) is 31.9 Å². The average Bonchev–Trinajstić information content (AvgIpc) is 3.33. The van der Waals surface area contributed by atoms with E-state index in [-0.39, 0.29) is 27.7 Å². The van der Waals surface area contributed by atoms with Crippen LogP contribution >= 0.6 is 23.4 Å². The number of hydrogen-bond donors (Lipinski definition) is 1. The Kier molecular flexibility index (Phi) is 8.48. The molecule has 4 rings (SSSR count). The molecule has 1 aromatic heterocycles. The number of aromatic nitrogens is 3. The van der Waals surface area contributed by atoms with Crippen LogP contribution in [0.15, 0.2) is 77.0 Å². The van der Waals surface area contributed by atoms with Gasteiger partial charge < -0.3 is 4.74 Å². The van der Waals surface area contributed by atoms with Gasteiger partial charge in [0, 0.05) is 16.8 Å². The Hall–Kier alpha value is -3.69. The van der Waals surface area contributed by atoms with Crippen LogP contribution in [-0.4, -0.2) is 39.7 Å². The van der Waals surface area contributed by atoms with Crippen LogP contribution in [0.3, 0.4) is 0 Å². The van der Waals surface area contributed by atoms with Gasteiger partial charge in [0.25, 0.3) is 5.91 Å². The van der Waals surface area contributed by atoms with Gasteiger partial charge in [0.1, 0.15) is 11.6 Å². The second-order valence-electron chi connectivity index (χ2n) is 9.38. The first kappa shape index (κ1) is 27.3. The molecule has 0 bridgehead atoms. The van der Waals surface area contributed by atoms with E-state index in [2.05, 4.69) is 53.6 Å². The molecule has 0 aliphatic carbocycles. The third-order valence-corrected chi connectivity index (χ3v) is 6.95. The highest BCUT2D eigenvalue weighted by Crippen LogP contribution is 2.30. The number of hydrazone groups is 1. The Morgan fingerprint density at radius 3 is 2.45 bits per heavy atom. The SMILES string of the molecule is COc1ccc(-n2c(SCC(=O)N/N=C\c3c(F)cccc3Cl)nnc2-c2ccc(C(C)(C)C)cc2)cc1. The molecule has 196 valence electrons. The first-order valence-electron chi connectivity index (χ1n) is 11.8. The summed E-state index contributed by atoms with van der Waals surface area (Å²) in [5, 5.41) is 13.4. The zero-order chi connectivity index (χ0) is 27.3. The molecule has 7 nitrogen and oxygen atoms in total. The molecule has 0 fully saturated rings. The zero-order valence-electron chi connectivity index (χ0n) is 21.4. The van der Waals surface area contributed by atoms with Crippen LogP contribution in [0.2, 0.25) is 5.02 Å². The standard InChI is InChI=1S/C28H27ClFN5O2S/c1-28(2,3)19-10-8-18(9-11-19)26-33-34-27(35(26)20-12-14-21(37-4)15-13-20)38-17-25(36)32-31-16-22-23(29)6-5-7-24(22)30/h5-16H,17H2,1-4H3,(H,32,36)/b31-16-. The minimum absolute atomic E-state index is 0.0135. The highest BCUT2D eigenvalue weighted by molar-refractivity contribution is 7.99. The number of carbonyl (C=O) groups excluding carboxylic acids is 1. The first-order valence-corrected chi connectivity index (χ1v) is 13.1. The molecule has 0 aliphatic heterocycles. The van der Waals surface area contributed by atoms with E-state index in [9.17, 15) is 9.18 Å². The molecule has 4 aromatic rings. The largest absolute Gasteiger partial charge is 0.497 e. The van der Waals surface area contributed by atoms with Gasteiger partial charge in [-0.05, 0) is 47.4 Å². The minimum atomic E-state index is -0.527. The van der Waals surface area contributed by atoms with Crippen molar-refractivity contribution in [3.63, 3.8) is 0 Å². The Labute approximate surface area is 230 Å². The maximum atomic E-state index is 13.9. The summed E-state index contributed by atoms with van der Waals surface area (Å²) in [7, 11) is 1.61. The predicted molar refractivity (Wildman–Crippen MR) is 150 cm³/mol. The number of nitrogens with zero attached hydrogens (tertiary/aromatic N) is 4. The number of carbonyl (C=O) groups is 1. The fraction of sp³-hybridized carbons (Fsp3) is 0.214. The van der Waals surface area contributed by atoms with E-state index >= 15 is 0 Å². The van der Waals surface area contributed by atoms with E-state index in [4.69, 9.17) is 16.3 Å². The lowest BCUT2D eigenvalue weighted by Crippen LogP contribution is -2.20. The maximum absolute atomic E-state index is 13.9. The van der Waals surface area contributed by atoms with Crippen molar-refractivity contribution in [1.82, 2.24) is 20.2 Å². The molecular formula is C28H27ClFN5O2S. The quantitative estimate of drug-likeness (QED) is 0.158. The van der Waals surface area contributed by atoms with Gasteiger partial charge in [-0.25, -0.2) is 9.82 Å². The summed E-state index contributed by atoms with van der Waals surface area (Å²) in [6.45, 7) is 6.49. The monoisotopic (exact) mass is 551 g/mol. The molecule has 10 heteroatoms. The molecule has 0 saturated carbocycles. The smallest absolute Gasteiger partial charge is 0.250 e. The Balaban J connectivity index is 1.56. The topological polar surface area (TPSA) is 81.4 Å². The molecule has 3 aromatic carbocycles. The van der Waals surface area contributed by atoms with Gasteiger partial charge in [0.05, 0.1) is 24.1 Å². The average molecular weight is 552 g/mol. The highest BCUT2D eigenvalue weighted by Gasteiger charge is 2.19. The van der Waals surface area contributed by atoms with Gasteiger partial charge in [-0.1, -0.05) is 74.5 Å². The molecule has 0 aliphatic rings. The third-order valence-electron chi connectivity index (χ3n) is 5.69. The summed E-state index contributed by atoms with van der Waals surface area (Å²) < 4.78 is 21.1. The number of methoxy groups -OCH3 is 1. The van der Waals surface area contributed by atoms with E-state index in [0.717, 1.165) is 17.0 Å². The van der Waals surface area contributed by atoms with Crippen molar-refractivity contribution in [2.24, 2.45) is 5.10 Å². The predicted octanol–water partition coefficient (Wildman–Crippen LogP) is 6.28. The van der Waals surface area contributed by atoms with Crippen LogP contribution < -0.4 is 10.2 Å². The van der Waals surface area contributed by atoms with Crippen LogP contribution in [0, 0.1) is 5.82 Å². The summed E-state index contributed by atoms with van der Waals surface area (Å²) >= 11 is 7.20. The number of benzene rings is 3. The van der Waals surface area contributed by atoms with Crippen molar-refractivity contribution in [3.05, 3.63) is 88.7 Å². The lowest BCUT2D eigenvalue weighted by atomic mass is 9.87. The lowest BCUT2D eigenvalue weighted by Gasteiger charge is -2.19. The summed E-state index contributed by atoms with van der Waals surface area (Å²) in [5.74, 6) is 0.462. The second kappa shape index (κ2) is 11.8. The molecule has 1 amide bonds.